The zero-order valence-electron chi connectivity index (χ0n) is 12.8. The van der Waals surface area contributed by atoms with Crippen LogP contribution in [0.2, 0.25) is 0 Å². The molecular formula is C13H21N7O. The van der Waals surface area contributed by atoms with Crippen molar-refractivity contribution in [2.45, 2.75) is 26.4 Å². The van der Waals surface area contributed by atoms with Crippen molar-refractivity contribution in [2.75, 3.05) is 30.4 Å². The van der Waals surface area contributed by atoms with Gasteiger partial charge in [0.15, 0.2) is 0 Å². The van der Waals surface area contributed by atoms with E-state index < -0.39 is 5.60 Å². The number of imidazole rings is 1. The molecule has 2 aromatic rings. The van der Waals surface area contributed by atoms with E-state index in [0.717, 1.165) is 0 Å². The highest BCUT2D eigenvalue weighted by atomic mass is 16.3. The molecule has 0 aliphatic heterocycles. The normalized spacial score (nSPS) is 11.5. The van der Waals surface area contributed by atoms with Gasteiger partial charge in [0.1, 0.15) is 6.33 Å². The van der Waals surface area contributed by atoms with Crippen LogP contribution in [0.1, 0.15) is 20.8 Å². The van der Waals surface area contributed by atoms with Crippen molar-refractivity contribution in [3.8, 4) is 5.95 Å². The molecule has 8 nitrogen and oxygen atoms in total. The van der Waals surface area contributed by atoms with Crippen molar-refractivity contribution in [1.29, 1.82) is 0 Å². The third kappa shape index (κ3) is 3.88. The van der Waals surface area contributed by atoms with E-state index in [1.54, 1.807) is 44.2 Å². The van der Waals surface area contributed by atoms with Crippen LogP contribution in [0.5, 0.6) is 0 Å². The fraction of sp³-hybridized carbons (Fsp3) is 0.538. The summed E-state index contributed by atoms with van der Waals surface area (Å²) in [7, 11) is 1.75. The summed E-state index contributed by atoms with van der Waals surface area (Å²) in [5, 5.41) is 12.9. The summed E-state index contributed by atoms with van der Waals surface area (Å²) in [6.07, 6.45) is 5.06. The molecule has 2 aromatic heterocycles. The summed E-state index contributed by atoms with van der Waals surface area (Å²) in [6, 6.07) is 0. The van der Waals surface area contributed by atoms with Crippen LogP contribution in [0.4, 0.5) is 11.9 Å². The van der Waals surface area contributed by atoms with Gasteiger partial charge in [0.05, 0.1) is 5.60 Å². The van der Waals surface area contributed by atoms with Gasteiger partial charge in [-0.05, 0) is 20.8 Å². The molecule has 0 aromatic carbocycles. The number of aromatic nitrogens is 5. The van der Waals surface area contributed by atoms with Crippen LogP contribution in [-0.2, 0) is 0 Å². The number of aliphatic hydroxyl groups is 1. The summed E-state index contributed by atoms with van der Waals surface area (Å²) in [4.78, 5) is 19.0. The molecule has 21 heavy (non-hydrogen) atoms. The topological polar surface area (TPSA) is 92.0 Å². The summed E-state index contributed by atoms with van der Waals surface area (Å²) in [6.45, 7) is 6.62. The van der Waals surface area contributed by atoms with Gasteiger partial charge in [0.2, 0.25) is 17.8 Å². The fourth-order valence-electron chi connectivity index (χ4n) is 1.89. The van der Waals surface area contributed by atoms with Gasteiger partial charge in [0.25, 0.3) is 0 Å². The van der Waals surface area contributed by atoms with E-state index in [2.05, 4.69) is 25.3 Å². The Morgan fingerprint density at radius 1 is 1.33 bits per heavy atom. The van der Waals surface area contributed by atoms with Crippen molar-refractivity contribution in [1.82, 2.24) is 24.5 Å². The minimum atomic E-state index is -0.836. The third-order valence-corrected chi connectivity index (χ3v) is 2.81. The van der Waals surface area contributed by atoms with E-state index in [9.17, 15) is 5.11 Å². The molecule has 0 aliphatic rings. The Kier molecular flexibility index (Phi) is 4.37. The Morgan fingerprint density at radius 3 is 2.62 bits per heavy atom. The molecule has 8 heteroatoms. The maximum atomic E-state index is 10.0. The first-order valence-corrected chi connectivity index (χ1v) is 6.82. The molecule has 0 saturated heterocycles. The van der Waals surface area contributed by atoms with Crippen molar-refractivity contribution in [3.05, 3.63) is 18.7 Å². The lowest BCUT2D eigenvalue weighted by atomic mass is 10.1. The Balaban J connectivity index is 2.40. The highest BCUT2D eigenvalue weighted by Crippen LogP contribution is 2.15. The molecule has 2 N–H and O–H groups in total. The number of hydrogen-bond acceptors (Lipinski definition) is 7. The Labute approximate surface area is 123 Å². The summed E-state index contributed by atoms with van der Waals surface area (Å²) in [5.74, 6) is 1.47. The number of anilines is 2. The van der Waals surface area contributed by atoms with E-state index in [1.807, 2.05) is 11.8 Å². The second-order valence-electron chi connectivity index (χ2n) is 5.31. The smallest absolute Gasteiger partial charge is 0.241 e. The van der Waals surface area contributed by atoms with Gasteiger partial charge in [-0.2, -0.15) is 15.0 Å². The van der Waals surface area contributed by atoms with Crippen LogP contribution >= 0.6 is 0 Å². The maximum absolute atomic E-state index is 10.0. The predicted octanol–water partition coefficient (Wildman–Crippen LogP) is 0.696. The molecule has 0 atom stereocenters. The molecule has 0 amide bonds. The Morgan fingerprint density at radius 2 is 2.10 bits per heavy atom. The van der Waals surface area contributed by atoms with E-state index >= 15 is 0 Å². The summed E-state index contributed by atoms with van der Waals surface area (Å²) < 4.78 is 1.71. The molecule has 0 saturated carbocycles. The Hall–Kier alpha value is -2.22. The lowest BCUT2D eigenvalue weighted by molar-refractivity contribution is 0.0872. The van der Waals surface area contributed by atoms with Gasteiger partial charge in [-0.25, -0.2) is 4.98 Å². The van der Waals surface area contributed by atoms with E-state index in [4.69, 9.17) is 0 Å². The van der Waals surface area contributed by atoms with Gasteiger partial charge in [-0.15, -0.1) is 0 Å². The predicted molar refractivity (Wildman–Crippen MR) is 80.7 cm³/mol. The molecule has 2 rings (SSSR count). The average molecular weight is 291 g/mol. The molecule has 0 radical (unpaired) electrons. The lowest BCUT2D eigenvalue weighted by Crippen LogP contribution is -2.39. The average Bonchev–Trinajstić information content (AvgIpc) is 2.97. The molecule has 2 heterocycles. The number of likely N-dealkylation sites (N-methyl/N-ethyl adjacent to an activating group) is 1. The van der Waals surface area contributed by atoms with Gasteiger partial charge in [-0.3, -0.25) is 4.57 Å². The van der Waals surface area contributed by atoms with Crippen LogP contribution in [0.3, 0.4) is 0 Å². The van der Waals surface area contributed by atoms with Crippen LogP contribution in [0, 0.1) is 0 Å². The van der Waals surface area contributed by atoms with Crippen molar-refractivity contribution in [2.24, 2.45) is 0 Å². The summed E-state index contributed by atoms with van der Waals surface area (Å²) in [5.41, 5.74) is -0.836. The number of nitrogens with zero attached hydrogens (tertiary/aromatic N) is 6. The van der Waals surface area contributed by atoms with Crippen LogP contribution in [-0.4, -0.2) is 55.3 Å². The van der Waals surface area contributed by atoms with Gasteiger partial charge in [-0.1, -0.05) is 0 Å². The highest BCUT2D eigenvalue weighted by Gasteiger charge is 2.20. The molecule has 0 aliphatic carbocycles. The molecule has 114 valence electrons. The zero-order chi connectivity index (χ0) is 15.5. The van der Waals surface area contributed by atoms with Crippen LogP contribution in [0.15, 0.2) is 18.7 Å². The van der Waals surface area contributed by atoms with Gasteiger partial charge in [0, 0.05) is 32.5 Å². The van der Waals surface area contributed by atoms with Crippen molar-refractivity contribution >= 4 is 11.9 Å². The first kappa shape index (κ1) is 15.2. The van der Waals surface area contributed by atoms with Crippen LogP contribution < -0.4 is 10.2 Å². The SMILES string of the molecule is CCN(CC(C)(C)O)c1nc(NC)nc(-n2ccnc2)n1. The maximum Gasteiger partial charge on any atom is 0.241 e. The minimum Gasteiger partial charge on any atom is -0.389 e. The molecule has 0 spiro atoms. The molecule has 0 bridgehead atoms. The fourth-order valence-corrected chi connectivity index (χ4v) is 1.89. The standard InChI is InChI=1S/C13H21N7O/c1-5-19(8-13(2,3)21)11-16-10(14-4)17-12(18-11)20-7-6-15-9-20/h6-7,9,21H,5,8H2,1-4H3,(H,14,16,17,18). The minimum absolute atomic E-state index is 0.431. The monoisotopic (exact) mass is 291 g/mol. The molecule has 0 unspecified atom stereocenters. The van der Waals surface area contributed by atoms with Crippen molar-refractivity contribution < 1.29 is 5.11 Å². The Bertz CT molecular complexity index is 577. The second kappa shape index (κ2) is 6.04. The van der Waals surface area contributed by atoms with Gasteiger partial charge >= 0.3 is 0 Å². The van der Waals surface area contributed by atoms with E-state index in [0.29, 0.717) is 30.9 Å². The zero-order valence-corrected chi connectivity index (χ0v) is 12.8. The largest absolute Gasteiger partial charge is 0.389 e. The van der Waals surface area contributed by atoms with Gasteiger partial charge < -0.3 is 15.3 Å². The first-order chi connectivity index (χ1) is 9.93. The third-order valence-electron chi connectivity index (χ3n) is 2.81. The number of nitrogens with one attached hydrogen (secondary N) is 1. The van der Waals surface area contributed by atoms with E-state index in [-0.39, 0.29) is 0 Å². The van der Waals surface area contributed by atoms with E-state index in [1.165, 1.54) is 0 Å². The molecule has 0 fully saturated rings. The number of hydrogen-bond donors (Lipinski definition) is 2. The first-order valence-electron chi connectivity index (χ1n) is 6.82. The number of rotatable bonds is 6. The molecular weight excluding hydrogens is 270 g/mol. The summed E-state index contributed by atoms with van der Waals surface area (Å²) >= 11 is 0. The lowest BCUT2D eigenvalue weighted by Gasteiger charge is -2.28. The van der Waals surface area contributed by atoms with Crippen molar-refractivity contribution in [3.63, 3.8) is 0 Å². The highest BCUT2D eigenvalue weighted by molar-refractivity contribution is 5.40. The van der Waals surface area contributed by atoms with Crippen LogP contribution in [0.25, 0.3) is 5.95 Å². The quantitative estimate of drug-likeness (QED) is 0.809. The second-order valence-corrected chi connectivity index (χ2v) is 5.31.